The van der Waals surface area contributed by atoms with Gasteiger partial charge in [-0.2, -0.15) is 0 Å². The van der Waals surface area contributed by atoms with Crippen molar-refractivity contribution < 1.29 is 4.79 Å². The van der Waals surface area contributed by atoms with Gasteiger partial charge in [0.25, 0.3) is 0 Å². The van der Waals surface area contributed by atoms with E-state index < -0.39 is 0 Å². The van der Waals surface area contributed by atoms with Crippen molar-refractivity contribution in [3.63, 3.8) is 0 Å². The fraction of sp³-hybridized carbons (Fsp3) is 0.217. The van der Waals surface area contributed by atoms with Crippen LogP contribution >= 0.6 is 11.3 Å². The highest BCUT2D eigenvalue weighted by molar-refractivity contribution is 7.09. The minimum Gasteiger partial charge on any atom is -0.361 e. The third-order valence-corrected chi connectivity index (χ3v) is 5.67. The number of aromatic amines is 1. The number of hydrogen-bond donors (Lipinski definition) is 2. The van der Waals surface area contributed by atoms with Crippen LogP contribution in [0.15, 0.2) is 60.1 Å². The Balaban J connectivity index is 1.24. The SMILES string of the molecule is Cc1nc(-c2ccc(CCNC(=O)CCc3c[nH]c4ccccc34)cc2)cs1. The number of aryl methyl sites for hydroxylation is 2. The second-order valence-corrected chi connectivity index (χ2v) is 7.97. The van der Waals surface area contributed by atoms with Gasteiger partial charge in [0.05, 0.1) is 10.7 Å². The lowest BCUT2D eigenvalue weighted by atomic mass is 10.1. The zero-order valence-corrected chi connectivity index (χ0v) is 16.7. The fourth-order valence-corrected chi connectivity index (χ4v) is 3.98. The number of rotatable bonds is 7. The zero-order valence-electron chi connectivity index (χ0n) is 15.9. The number of H-pyrrole nitrogens is 1. The van der Waals surface area contributed by atoms with Gasteiger partial charge >= 0.3 is 0 Å². The average molecular weight is 390 g/mol. The summed E-state index contributed by atoms with van der Waals surface area (Å²) in [6.45, 7) is 2.67. The molecule has 1 amide bonds. The first-order chi connectivity index (χ1) is 13.7. The largest absolute Gasteiger partial charge is 0.361 e. The maximum absolute atomic E-state index is 12.2. The van der Waals surface area contributed by atoms with Gasteiger partial charge in [0.1, 0.15) is 0 Å². The van der Waals surface area contributed by atoms with Gasteiger partial charge in [-0.25, -0.2) is 4.98 Å². The number of para-hydroxylation sites is 1. The van der Waals surface area contributed by atoms with Gasteiger partial charge in [-0.3, -0.25) is 4.79 Å². The predicted molar refractivity (Wildman–Crippen MR) is 116 cm³/mol. The molecular weight excluding hydrogens is 366 g/mol. The van der Waals surface area contributed by atoms with E-state index >= 15 is 0 Å². The first kappa shape index (κ1) is 18.4. The second-order valence-electron chi connectivity index (χ2n) is 6.91. The van der Waals surface area contributed by atoms with Crippen molar-refractivity contribution in [3.05, 3.63) is 76.2 Å². The van der Waals surface area contributed by atoms with Gasteiger partial charge in [-0.15, -0.1) is 11.3 Å². The topological polar surface area (TPSA) is 57.8 Å². The van der Waals surface area contributed by atoms with Crippen LogP contribution in [0.2, 0.25) is 0 Å². The lowest BCUT2D eigenvalue weighted by molar-refractivity contribution is -0.121. The molecule has 2 heterocycles. The molecule has 2 aromatic heterocycles. The van der Waals surface area contributed by atoms with Gasteiger partial charge in [0.2, 0.25) is 5.91 Å². The molecule has 28 heavy (non-hydrogen) atoms. The number of nitrogens with zero attached hydrogens (tertiary/aromatic N) is 1. The summed E-state index contributed by atoms with van der Waals surface area (Å²) in [6, 6.07) is 16.6. The Labute approximate surface area is 168 Å². The lowest BCUT2D eigenvalue weighted by Crippen LogP contribution is -2.25. The molecule has 0 unspecified atom stereocenters. The van der Waals surface area contributed by atoms with Crippen LogP contribution in [0.25, 0.3) is 22.2 Å². The van der Waals surface area contributed by atoms with E-state index in [9.17, 15) is 4.79 Å². The third kappa shape index (κ3) is 4.31. The number of amides is 1. The summed E-state index contributed by atoms with van der Waals surface area (Å²) in [7, 11) is 0. The molecule has 0 atom stereocenters. The quantitative estimate of drug-likeness (QED) is 0.473. The molecule has 0 fully saturated rings. The van der Waals surface area contributed by atoms with Crippen LogP contribution in [-0.2, 0) is 17.6 Å². The Morgan fingerprint density at radius 3 is 2.71 bits per heavy atom. The molecule has 5 heteroatoms. The fourth-order valence-electron chi connectivity index (χ4n) is 3.36. The number of thiazole rings is 1. The van der Waals surface area contributed by atoms with Crippen LogP contribution in [0.1, 0.15) is 22.6 Å². The van der Waals surface area contributed by atoms with Gasteiger partial charge < -0.3 is 10.3 Å². The van der Waals surface area contributed by atoms with Crippen molar-refractivity contribution in [2.75, 3.05) is 6.54 Å². The molecule has 2 N–H and O–H groups in total. The maximum atomic E-state index is 12.2. The van der Waals surface area contributed by atoms with Crippen molar-refractivity contribution in [1.29, 1.82) is 0 Å². The molecule has 0 saturated carbocycles. The van der Waals surface area contributed by atoms with Gasteiger partial charge in [-0.05, 0) is 37.0 Å². The summed E-state index contributed by atoms with van der Waals surface area (Å²) in [5.41, 5.74) is 5.69. The lowest BCUT2D eigenvalue weighted by Gasteiger charge is -2.06. The number of aromatic nitrogens is 2. The van der Waals surface area contributed by atoms with Crippen LogP contribution in [-0.4, -0.2) is 22.4 Å². The van der Waals surface area contributed by atoms with Crippen LogP contribution in [0.4, 0.5) is 0 Å². The summed E-state index contributed by atoms with van der Waals surface area (Å²) in [4.78, 5) is 20.0. The van der Waals surface area contributed by atoms with Crippen LogP contribution < -0.4 is 5.32 Å². The summed E-state index contributed by atoms with van der Waals surface area (Å²) in [5, 5.41) is 7.39. The molecule has 0 spiro atoms. The highest BCUT2D eigenvalue weighted by atomic mass is 32.1. The highest BCUT2D eigenvalue weighted by Gasteiger charge is 2.07. The number of fused-ring (bicyclic) bond motifs is 1. The highest BCUT2D eigenvalue weighted by Crippen LogP contribution is 2.22. The Hall–Kier alpha value is -2.92. The monoisotopic (exact) mass is 389 g/mol. The first-order valence-electron chi connectivity index (χ1n) is 9.52. The normalized spacial score (nSPS) is 11.0. The minimum atomic E-state index is 0.0971. The molecule has 0 bridgehead atoms. The molecule has 0 aliphatic rings. The predicted octanol–water partition coefficient (Wildman–Crippen LogP) is 4.89. The third-order valence-electron chi connectivity index (χ3n) is 4.90. The first-order valence-corrected chi connectivity index (χ1v) is 10.4. The maximum Gasteiger partial charge on any atom is 0.220 e. The molecule has 0 aliphatic carbocycles. The smallest absolute Gasteiger partial charge is 0.220 e. The Kier molecular flexibility index (Phi) is 5.53. The molecule has 0 radical (unpaired) electrons. The molecule has 4 rings (SSSR count). The molecular formula is C23H23N3OS. The molecule has 142 valence electrons. The summed E-state index contributed by atoms with van der Waals surface area (Å²) < 4.78 is 0. The van der Waals surface area contributed by atoms with Gasteiger partial charge in [-0.1, -0.05) is 42.5 Å². The Morgan fingerprint density at radius 1 is 1.11 bits per heavy atom. The number of benzene rings is 2. The molecule has 4 aromatic rings. The number of carbonyl (C=O) groups excluding carboxylic acids is 1. The van der Waals surface area contributed by atoms with Crippen molar-refractivity contribution in [2.45, 2.75) is 26.2 Å². The van der Waals surface area contributed by atoms with Gasteiger partial charge in [0, 0.05) is 41.0 Å². The standard InChI is InChI=1S/C23H23N3OS/c1-16-26-22(15-28-16)18-8-6-17(7-9-18)12-13-24-23(27)11-10-19-14-25-21-5-3-2-4-20(19)21/h2-9,14-15,25H,10-13H2,1H3,(H,24,27). The van der Waals surface area contributed by atoms with Crippen LogP contribution in [0, 0.1) is 6.92 Å². The van der Waals surface area contributed by atoms with E-state index in [0.29, 0.717) is 13.0 Å². The van der Waals surface area contributed by atoms with Gasteiger partial charge in [0.15, 0.2) is 0 Å². The van der Waals surface area contributed by atoms with E-state index in [-0.39, 0.29) is 5.91 Å². The molecule has 4 nitrogen and oxygen atoms in total. The van der Waals surface area contributed by atoms with Crippen molar-refractivity contribution in [1.82, 2.24) is 15.3 Å². The van der Waals surface area contributed by atoms with Crippen molar-refractivity contribution in [3.8, 4) is 11.3 Å². The summed E-state index contributed by atoms with van der Waals surface area (Å²) in [6.07, 6.45) is 4.08. The van der Waals surface area contributed by atoms with E-state index in [1.165, 1.54) is 16.5 Å². The van der Waals surface area contributed by atoms with E-state index in [2.05, 4.69) is 57.1 Å². The van der Waals surface area contributed by atoms with E-state index in [1.807, 2.05) is 25.3 Å². The molecule has 0 aliphatic heterocycles. The van der Waals surface area contributed by atoms with Crippen molar-refractivity contribution >= 4 is 28.1 Å². The second kappa shape index (κ2) is 8.40. The number of nitrogens with one attached hydrogen (secondary N) is 2. The average Bonchev–Trinajstić information content (AvgIpc) is 3.33. The summed E-state index contributed by atoms with van der Waals surface area (Å²) >= 11 is 1.66. The van der Waals surface area contributed by atoms with E-state index in [4.69, 9.17) is 0 Å². The zero-order chi connectivity index (χ0) is 19.3. The van der Waals surface area contributed by atoms with E-state index in [1.54, 1.807) is 11.3 Å². The molecule has 2 aromatic carbocycles. The van der Waals surface area contributed by atoms with Crippen LogP contribution in [0.3, 0.4) is 0 Å². The number of carbonyl (C=O) groups is 1. The van der Waals surface area contributed by atoms with Crippen LogP contribution in [0.5, 0.6) is 0 Å². The summed E-state index contributed by atoms with van der Waals surface area (Å²) in [5.74, 6) is 0.0971. The Bertz CT molecular complexity index is 1080. The molecule has 0 saturated heterocycles. The Morgan fingerprint density at radius 2 is 1.93 bits per heavy atom. The van der Waals surface area contributed by atoms with Crippen molar-refractivity contribution in [2.24, 2.45) is 0 Å². The van der Waals surface area contributed by atoms with E-state index in [0.717, 1.165) is 34.6 Å². The number of hydrogen-bond acceptors (Lipinski definition) is 3. The minimum absolute atomic E-state index is 0.0971.